The van der Waals surface area contributed by atoms with Crippen LogP contribution in [-0.2, 0) is 15.3 Å². The molecule has 4 rings (SSSR count). The maximum absolute atomic E-state index is 15.4. The molecule has 8 nitrogen and oxygen atoms in total. The molecule has 5 unspecified atom stereocenters. The summed E-state index contributed by atoms with van der Waals surface area (Å²) in [4.78, 5) is 3.86. The smallest absolute Gasteiger partial charge is 0.250 e. The number of nitrogen functional groups attached to an aromatic ring is 1. The summed E-state index contributed by atoms with van der Waals surface area (Å²) in [5.74, 6) is -1.70. The molecule has 2 aliphatic rings. The number of alkyl halides is 1. The van der Waals surface area contributed by atoms with Gasteiger partial charge in [0.05, 0.1) is 0 Å². The molecule has 118 valence electrons. The van der Waals surface area contributed by atoms with Crippen LogP contribution < -0.4 is 5.73 Å². The van der Waals surface area contributed by atoms with Crippen molar-refractivity contribution in [3.63, 3.8) is 0 Å². The number of ether oxygens (including phenoxy) is 2. The van der Waals surface area contributed by atoms with Gasteiger partial charge in [0.1, 0.15) is 29.7 Å². The average Bonchev–Trinajstić information content (AvgIpc) is 2.81. The van der Waals surface area contributed by atoms with Gasteiger partial charge < -0.3 is 25.4 Å². The fraction of sp³-hybridized carbons (Fsp3) is 0.538. The lowest BCUT2D eigenvalue weighted by atomic mass is 9.87. The van der Waals surface area contributed by atoms with Gasteiger partial charge in [0.15, 0.2) is 11.4 Å². The van der Waals surface area contributed by atoms with Gasteiger partial charge >= 0.3 is 0 Å². The maximum Gasteiger partial charge on any atom is 0.250 e. The maximum atomic E-state index is 15.4. The number of hydrogen-bond acceptors (Lipinski definition) is 7. The molecule has 2 fully saturated rings. The zero-order chi connectivity index (χ0) is 15.9. The number of methoxy groups -OCH3 is 1. The molecule has 0 spiro atoms. The molecule has 0 radical (unpaired) electrons. The van der Waals surface area contributed by atoms with E-state index in [2.05, 4.69) is 10.1 Å². The molecule has 5 atom stereocenters. The molecular formula is C13H15FN4O4. The van der Waals surface area contributed by atoms with Crippen LogP contribution in [0.4, 0.5) is 10.2 Å². The SMILES string of the molecule is COC1(c2ccc3c(N)ncnn23)OC2C(O)C2(O)C1(C)F. The summed E-state index contributed by atoms with van der Waals surface area (Å²) < 4.78 is 27.7. The Morgan fingerprint density at radius 3 is 2.82 bits per heavy atom. The quantitative estimate of drug-likeness (QED) is 0.674. The van der Waals surface area contributed by atoms with Gasteiger partial charge in [0.25, 0.3) is 5.79 Å². The first-order valence-electron chi connectivity index (χ1n) is 6.72. The number of hydrogen-bond donors (Lipinski definition) is 3. The highest BCUT2D eigenvalue weighted by atomic mass is 19.1. The van der Waals surface area contributed by atoms with Crippen molar-refractivity contribution in [1.29, 1.82) is 0 Å². The summed E-state index contributed by atoms with van der Waals surface area (Å²) in [6, 6.07) is 3.15. The molecule has 1 saturated carbocycles. The first-order chi connectivity index (χ1) is 10.3. The van der Waals surface area contributed by atoms with Crippen LogP contribution in [0.2, 0.25) is 0 Å². The van der Waals surface area contributed by atoms with E-state index >= 15 is 4.39 Å². The summed E-state index contributed by atoms with van der Waals surface area (Å²) in [7, 11) is 1.27. The van der Waals surface area contributed by atoms with E-state index in [0.29, 0.717) is 5.52 Å². The number of fused-ring (bicyclic) bond motifs is 2. The van der Waals surface area contributed by atoms with E-state index < -0.39 is 29.3 Å². The van der Waals surface area contributed by atoms with Crippen LogP contribution in [0.1, 0.15) is 12.6 Å². The molecule has 1 aliphatic carbocycles. The monoisotopic (exact) mass is 310 g/mol. The van der Waals surface area contributed by atoms with E-state index in [-0.39, 0.29) is 11.5 Å². The van der Waals surface area contributed by atoms with Crippen LogP contribution in [0, 0.1) is 0 Å². The van der Waals surface area contributed by atoms with Crippen molar-refractivity contribution in [2.45, 2.75) is 36.2 Å². The topological polar surface area (TPSA) is 115 Å². The van der Waals surface area contributed by atoms with Gasteiger partial charge in [-0.25, -0.2) is 13.9 Å². The predicted octanol–water partition coefficient (Wildman–Crippen LogP) is -0.657. The third-order valence-electron chi connectivity index (χ3n) is 4.83. The zero-order valence-corrected chi connectivity index (χ0v) is 11.9. The van der Waals surface area contributed by atoms with Crippen molar-refractivity contribution in [3.05, 3.63) is 24.2 Å². The summed E-state index contributed by atoms with van der Waals surface area (Å²) in [6.45, 7) is 1.14. The van der Waals surface area contributed by atoms with Gasteiger partial charge in [-0.15, -0.1) is 0 Å². The molecule has 1 saturated heterocycles. The second kappa shape index (κ2) is 3.74. The molecule has 0 amide bonds. The fourth-order valence-electron chi connectivity index (χ4n) is 3.43. The number of aliphatic hydroxyl groups is 2. The van der Waals surface area contributed by atoms with Crippen molar-refractivity contribution in [2.75, 3.05) is 12.8 Å². The van der Waals surface area contributed by atoms with Crippen LogP contribution in [0.15, 0.2) is 18.5 Å². The van der Waals surface area contributed by atoms with Gasteiger partial charge in [0, 0.05) is 7.11 Å². The summed E-state index contributed by atoms with van der Waals surface area (Å²) >= 11 is 0. The van der Waals surface area contributed by atoms with E-state index in [1.165, 1.54) is 18.0 Å². The number of aliphatic hydroxyl groups excluding tert-OH is 1. The lowest BCUT2D eigenvalue weighted by Gasteiger charge is -2.39. The molecule has 2 aromatic heterocycles. The number of nitrogens with zero attached hydrogens (tertiary/aromatic N) is 3. The van der Waals surface area contributed by atoms with Crippen molar-refractivity contribution in [3.8, 4) is 0 Å². The number of anilines is 1. The molecule has 3 heterocycles. The molecule has 1 aliphatic heterocycles. The second-order valence-corrected chi connectivity index (χ2v) is 5.79. The Balaban J connectivity index is 1.95. The van der Waals surface area contributed by atoms with E-state index in [4.69, 9.17) is 15.2 Å². The Labute approximate surface area is 124 Å². The van der Waals surface area contributed by atoms with Crippen molar-refractivity contribution in [2.24, 2.45) is 0 Å². The minimum absolute atomic E-state index is 0.218. The van der Waals surface area contributed by atoms with E-state index in [1.54, 1.807) is 12.1 Å². The predicted molar refractivity (Wildman–Crippen MR) is 71.4 cm³/mol. The van der Waals surface area contributed by atoms with Crippen LogP contribution >= 0.6 is 0 Å². The number of halogens is 1. The second-order valence-electron chi connectivity index (χ2n) is 5.79. The van der Waals surface area contributed by atoms with Gasteiger partial charge in [0.2, 0.25) is 5.67 Å². The van der Waals surface area contributed by atoms with Gasteiger partial charge in [-0.1, -0.05) is 0 Å². The lowest BCUT2D eigenvalue weighted by Crippen LogP contribution is -2.56. The highest BCUT2D eigenvalue weighted by Crippen LogP contribution is 2.65. The highest BCUT2D eigenvalue weighted by molar-refractivity contribution is 5.65. The molecule has 4 N–H and O–H groups in total. The van der Waals surface area contributed by atoms with Crippen molar-refractivity contribution >= 4 is 11.3 Å². The van der Waals surface area contributed by atoms with E-state index in [0.717, 1.165) is 6.92 Å². The first kappa shape index (κ1) is 13.8. The third-order valence-corrected chi connectivity index (χ3v) is 4.83. The average molecular weight is 310 g/mol. The Kier molecular flexibility index (Phi) is 2.35. The lowest BCUT2D eigenvalue weighted by molar-refractivity contribution is -0.293. The van der Waals surface area contributed by atoms with Gasteiger partial charge in [-0.05, 0) is 19.1 Å². The van der Waals surface area contributed by atoms with E-state index in [9.17, 15) is 10.2 Å². The standard InChI is InChI=1S/C13H15FN4O4/c1-11(14)12(20)8(19)9(12)22-13(11,21-2)7-4-3-6-10(15)16-5-17-18(6)7/h3-5,8-9,19-20H,1-2H3,(H2,15,16,17). The van der Waals surface area contributed by atoms with Crippen LogP contribution in [-0.4, -0.2) is 55.4 Å². The minimum atomic E-state index is -2.40. The molecule has 22 heavy (non-hydrogen) atoms. The zero-order valence-electron chi connectivity index (χ0n) is 11.9. The normalized spacial score (nSPS) is 43.5. The van der Waals surface area contributed by atoms with E-state index in [1.807, 2.05) is 0 Å². The number of aromatic nitrogens is 3. The highest BCUT2D eigenvalue weighted by Gasteiger charge is 2.88. The number of rotatable bonds is 2. The minimum Gasteiger partial charge on any atom is -0.387 e. The van der Waals surface area contributed by atoms with Crippen LogP contribution in [0.25, 0.3) is 5.52 Å². The van der Waals surface area contributed by atoms with Gasteiger partial charge in [-0.3, -0.25) is 0 Å². The van der Waals surface area contributed by atoms with Crippen LogP contribution in [0.3, 0.4) is 0 Å². The molecule has 2 aromatic rings. The third kappa shape index (κ3) is 1.19. The Morgan fingerprint density at radius 2 is 2.23 bits per heavy atom. The summed E-state index contributed by atoms with van der Waals surface area (Å²) in [6.07, 6.45) is -1.13. The summed E-state index contributed by atoms with van der Waals surface area (Å²) in [5.41, 5.74) is 2.03. The fourth-order valence-corrected chi connectivity index (χ4v) is 3.43. The summed E-state index contributed by atoms with van der Waals surface area (Å²) in [5, 5.41) is 24.1. The first-order valence-corrected chi connectivity index (χ1v) is 6.72. The van der Waals surface area contributed by atoms with Crippen LogP contribution in [0.5, 0.6) is 0 Å². The molecule has 0 bridgehead atoms. The molecular weight excluding hydrogens is 295 g/mol. The van der Waals surface area contributed by atoms with Crippen molar-refractivity contribution in [1.82, 2.24) is 14.6 Å². The number of nitrogens with two attached hydrogens (primary N) is 1. The Hall–Kier alpha value is -1.81. The van der Waals surface area contributed by atoms with Gasteiger partial charge in [-0.2, -0.15) is 5.10 Å². The Morgan fingerprint density at radius 1 is 1.50 bits per heavy atom. The Bertz CT molecular complexity index is 780. The molecule has 0 aromatic carbocycles. The van der Waals surface area contributed by atoms with Crippen molar-refractivity contribution < 1.29 is 24.1 Å². The largest absolute Gasteiger partial charge is 0.387 e. The molecule has 9 heteroatoms.